The summed E-state index contributed by atoms with van der Waals surface area (Å²) in [4.78, 5) is 4.93. The first kappa shape index (κ1) is 13.3. The number of thioether (sulfide) groups is 1. The molecule has 1 heterocycles. The Morgan fingerprint density at radius 3 is 2.71 bits per heavy atom. The van der Waals surface area contributed by atoms with Crippen LogP contribution in [0.4, 0.5) is 0 Å². The van der Waals surface area contributed by atoms with Crippen molar-refractivity contribution in [3.63, 3.8) is 0 Å². The Labute approximate surface area is 110 Å². The lowest BCUT2D eigenvalue weighted by atomic mass is 9.86. The molecule has 0 aromatic heterocycles. The van der Waals surface area contributed by atoms with Gasteiger partial charge in [-0.2, -0.15) is 0 Å². The maximum atomic E-state index is 4.93. The zero-order valence-electron chi connectivity index (χ0n) is 11.6. The van der Waals surface area contributed by atoms with Crippen LogP contribution in [0.5, 0.6) is 0 Å². The fourth-order valence-electron chi connectivity index (χ4n) is 2.41. The number of nitrogens with zero attached hydrogens (tertiary/aromatic N) is 1. The molecule has 1 N–H and O–H groups in total. The third-order valence-corrected chi connectivity index (χ3v) is 5.32. The summed E-state index contributed by atoms with van der Waals surface area (Å²) in [5.41, 5.74) is 0.298. The second kappa shape index (κ2) is 5.21. The maximum Gasteiger partial charge on any atom is 0.157 e. The quantitative estimate of drug-likeness (QED) is 0.772. The van der Waals surface area contributed by atoms with Gasteiger partial charge < -0.3 is 5.32 Å². The number of amidine groups is 1. The molecule has 2 aliphatic rings. The van der Waals surface area contributed by atoms with Gasteiger partial charge in [-0.05, 0) is 31.1 Å². The van der Waals surface area contributed by atoms with E-state index in [9.17, 15) is 0 Å². The van der Waals surface area contributed by atoms with Crippen molar-refractivity contribution < 1.29 is 0 Å². The van der Waals surface area contributed by atoms with Gasteiger partial charge in [-0.25, -0.2) is 0 Å². The maximum absolute atomic E-state index is 4.93. The summed E-state index contributed by atoms with van der Waals surface area (Å²) in [6.45, 7) is 9.10. The van der Waals surface area contributed by atoms with E-state index in [1.165, 1.54) is 36.6 Å². The number of rotatable bonds is 1. The highest BCUT2D eigenvalue weighted by atomic mass is 32.2. The third kappa shape index (κ3) is 3.40. The van der Waals surface area contributed by atoms with Gasteiger partial charge >= 0.3 is 0 Å². The molecule has 3 unspecified atom stereocenters. The molecule has 0 amide bonds. The van der Waals surface area contributed by atoms with Gasteiger partial charge in [0.15, 0.2) is 5.17 Å². The van der Waals surface area contributed by atoms with Crippen molar-refractivity contribution in [2.75, 3.05) is 5.75 Å². The van der Waals surface area contributed by atoms with E-state index >= 15 is 0 Å². The molecular formula is C14H26N2S. The minimum atomic E-state index is 0.298. The molecule has 0 aromatic carbocycles. The molecule has 0 radical (unpaired) electrons. The summed E-state index contributed by atoms with van der Waals surface area (Å²) in [5, 5.41) is 4.80. The molecule has 17 heavy (non-hydrogen) atoms. The summed E-state index contributed by atoms with van der Waals surface area (Å²) in [5.74, 6) is 2.12. The van der Waals surface area contributed by atoms with Crippen LogP contribution in [0.1, 0.15) is 53.4 Å². The van der Waals surface area contributed by atoms with Crippen molar-refractivity contribution in [3.8, 4) is 0 Å². The molecular weight excluding hydrogens is 228 g/mol. The molecule has 0 saturated heterocycles. The first-order chi connectivity index (χ1) is 7.97. The van der Waals surface area contributed by atoms with E-state index in [0.717, 1.165) is 5.92 Å². The van der Waals surface area contributed by atoms with Crippen LogP contribution >= 0.6 is 11.8 Å². The molecule has 3 atom stereocenters. The standard InChI is InChI=1S/C14H26N2S/c1-10(14(2,3)4)15-13-16-12-8-6-5-7-11(12)9-17-13/h10-12H,5-9H2,1-4H3,(H,15,16). The number of fused-ring (bicyclic) bond motifs is 1. The summed E-state index contributed by atoms with van der Waals surface area (Å²) >= 11 is 1.93. The van der Waals surface area contributed by atoms with Crippen LogP contribution in [0.25, 0.3) is 0 Å². The van der Waals surface area contributed by atoms with Gasteiger partial charge in [-0.15, -0.1) is 0 Å². The molecule has 0 spiro atoms. The van der Waals surface area contributed by atoms with E-state index in [0.29, 0.717) is 17.5 Å². The van der Waals surface area contributed by atoms with Crippen molar-refractivity contribution in [2.24, 2.45) is 16.3 Å². The molecule has 2 nitrogen and oxygen atoms in total. The first-order valence-electron chi connectivity index (χ1n) is 6.94. The highest BCUT2D eigenvalue weighted by molar-refractivity contribution is 8.13. The van der Waals surface area contributed by atoms with Gasteiger partial charge in [0.25, 0.3) is 0 Å². The smallest absolute Gasteiger partial charge is 0.157 e. The van der Waals surface area contributed by atoms with E-state index < -0.39 is 0 Å². The van der Waals surface area contributed by atoms with Crippen molar-refractivity contribution in [2.45, 2.75) is 65.5 Å². The molecule has 0 bridgehead atoms. The monoisotopic (exact) mass is 254 g/mol. The lowest BCUT2D eigenvalue weighted by molar-refractivity contribution is 0.311. The van der Waals surface area contributed by atoms with Gasteiger partial charge in [0, 0.05) is 11.8 Å². The van der Waals surface area contributed by atoms with Crippen molar-refractivity contribution >= 4 is 16.9 Å². The topological polar surface area (TPSA) is 24.4 Å². The van der Waals surface area contributed by atoms with Gasteiger partial charge in [-0.3, -0.25) is 4.99 Å². The Morgan fingerprint density at radius 1 is 1.29 bits per heavy atom. The Bertz CT molecular complexity index is 293. The number of aliphatic imine (C=N–C) groups is 1. The zero-order chi connectivity index (χ0) is 12.5. The van der Waals surface area contributed by atoms with Crippen molar-refractivity contribution in [3.05, 3.63) is 0 Å². The lowest BCUT2D eigenvalue weighted by Gasteiger charge is -2.35. The highest BCUT2D eigenvalue weighted by Gasteiger charge is 2.30. The second-order valence-electron chi connectivity index (χ2n) is 6.59. The highest BCUT2D eigenvalue weighted by Crippen LogP contribution is 2.34. The molecule has 1 aliphatic carbocycles. The number of nitrogens with one attached hydrogen (secondary N) is 1. The normalized spacial score (nSPS) is 31.4. The Morgan fingerprint density at radius 2 is 2.00 bits per heavy atom. The fourth-order valence-corrected chi connectivity index (χ4v) is 3.64. The summed E-state index contributed by atoms with van der Waals surface area (Å²) in [6, 6.07) is 1.09. The Balaban J connectivity index is 1.96. The number of hydrogen-bond donors (Lipinski definition) is 1. The molecule has 3 heteroatoms. The minimum absolute atomic E-state index is 0.298. The van der Waals surface area contributed by atoms with Crippen molar-refractivity contribution in [1.29, 1.82) is 0 Å². The Hall–Kier alpha value is -0.180. The van der Waals surface area contributed by atoms with E-state index in [1.807, 2.05) is 11.8 Å². The molecule has 1 fully saturated rings. The average molecular weight is 254 g/mol. The molecule has 2 rings (SSSR count). The molecule has 1 saturated carbocycles. The van der Waals surface area contributed by atoms with Crippen LogP contribution in [0.15, 0.2) is 4.99 Å². The molecule has 0 aromatic rings. The summed E-state index contributed by atoms with van der Waals surface area (Å²) in [6.07, 6.45) is 5.49. The predicted octanol–water partition coefficient (Wildman–Crippen LogP) is 3.67. The van der Waals surface area contributed by atoms with Crippen LogP contribution in [-0.2, 0) is 0 Å². The SMILES string of the molecule is CC(NC1=NC2CCCCC2CS1)C(C)(C)C. The van der Waals surface area contributed by atoms with Crippen LogP contribution in [-0.4, -0.2) is 23.0 Å². The van der Waals surface area contributed by atoms with E-state index in [4.69, 9.17) is 4.99 Å². The largest absolute Gasteiger partial charge is 0.362 e. The van der Waals surface area contributed by atoms with Crippen molar-refractivity contribution in [1.82, 2.24) is 5.32 Å². The average Bonchev–Trinajstić information content (AvgIpc) is 2.27. The van der Waals surface area contributed by atoms with Gasteiger partial charge in [0.2, 0.25) is 0 Å². The third-order valence-electron chi connectivity index (χ3n) is 4.23. The van der Waals surface area contributed by atoms with Crippen LogP contribution in [0, 0.1) is 11.3 Å². The molecule has 98 valence electrons. The fraction of sp³-hybridized carbons (Fsp3) is 0.929. The molecule has 1 aliphatic heterocycles. The number of hydrogen-bond acceptors (Lipinski definition) is 3. The zero-order valence-corrected chi connectivity index (χ0v) is 12.4. The van der Waals surface area contributed by atoms with Crippen LogP contribution in [0.3, 0.4) is 0 Å². The van der Waals surface area contributed by atoms with Gasteiger partial charge in [0.1, 0.15) is 0 Å². The first-order valence-corrected chi connectivity index (χ1v) is 7.92. The summed E-state index contributed by atoms with van der Waals surface area (Å²) < 4.78 is 0. The van der Waals surface area contributed by atoms with E-state index in [2.05, 4.69) is 33.0 Å². The van der Waals surface area contributed by atoms with E-state index in [1.54, 1.807) is 0 Å². The van der Waals surface area contributed by atoms with Crippen LogP contribution in [0.2, 0.25) is 0 Å². The minimum Gasteiger partial charge on any atom is -0.362 e. The Kier molecular flexibility index (Phi) is 4.06. The van der Waals surface area contributed by atoms with Gasteiger partial charge in [-0.1, -0.05) is 45.4 Å². The van der Waals surface area contributed by atoms with Gasteiger partial charge in [0.05, 0.1) is 6.04 Å². The lowest BCUT2D eigenvalue weighted by Crippen LogP contribution is -2.43. The van der Waals surface area contributed by atoms with E-state index in [-0.39, 0.29) is 0 Å². The summed E-state index contributed by atoms with van der Waals surface area (Å²) in [7, 11) is 0. The second-order valence-corrected chi connectivity index (χ2v) is 7.60. The predicted molar refractivity (Wildman–Crippen MR) is 77.7 cm³/mol. The van der Waals surface area contributed by atoms with Crippen LogP contribution < -0.4 is 5.32 Å².